The highest BCUT2D eigenvalue weighted by Crippen LogP contribution is 2.17. The Morgan fingerprint density at radius 2 is 1.76 bits per heavy atom. The lowest BCUT2D eigenvalue weighted by molar-refractivity contribution is 0.246. The van der Waals surface area contributed by atoms with Crippen LogP contribution >= 0.6 is 0 Å². The van der Waals surface area contributed by atoms with E-state index in [1.165, 1.54) is 0 Å². The van der Waals surface area contributed by atoms with Gasteiger partial charge in [-0.15, -0.1) is 0 Å². The number of amides is 2. The summed E-state index contributed by atoms with van der Waals surface area (Å²) in [6, 6.07) is 9.81. The molecular formula is C19H25N5O. The molecule has 1 fully saturated rings. The maximum atomic E-state index is 12.2. The molecule has 0 saturated carbocycles. The van der Waals surface area contributed by atoms with Crippen LogP contribution in [0, 0.1) is 20.8 Å². The Hall–Kier alpha value is -2.63. The van der Waals surface area contributed by atoms with E-state index in [0.717, 1.165) is 54.5 Å². The topological polar surface area (TPSA) is 70.2 Å². The number of aromatic nitrogens is 2. The van der Waals surface area contributed by atoms with E-state index >= 15 is 0 Å². The Morgan fingerprint density at radius 3 is 2.40 bits per heavy atom. The lowest BCUT2D eigenvalue weighted by atomic mass is 10.1. The number of carbonyl (C=O) groups excluding carboxylic acids is 1. The van der Waals surface area contributed by atoms with Crippen LogP contribution < -0.4 is 15.5 Å². The molecule has 1 aliphatic heterocycles. The van der Waals surface area contributed by atoms with Gasteiger partial charge in [-0.1, -0.05) is 12.1 Å². The summed E-state index contributed by atoms with van der Waals surface area (Å²) >= 11 is 0. The van der Waals surface area contributed by atoms with Crippen molar-refractivity contribution >= 4 is 17.7 Å². The molecule has 0 bridgehead atoms. The molecule has 1 aromatic heterocycles. The highest BCUT2D eigenvalue weighted by Gasteiger charge is 2.22. The predicted octanol–water partition coefficient (Wildman–Crippen LogP) is 3.19. The van der Waals surface area contributed by atoms with Gasteiger partial charge >= 0.3 is 6.03 Å². The molecule has 132 valence electrons. The predicted molar refractivity (Wildman–Crippen MR) is 100 cm³/mol. The van der Waals surface area contributed by atoms with E-state index in [-0.39, 0.29) is 12.1 Å². The van der Waals surface area contributed by atoms with Crippen LogP contribution in [-0.2, 0) is 0 Å². The fourth-order valence-corrected chi connectivity index (χ4v) is 3.15. The molecule has 2 aromatic rings. The van der Waals surface area contributed by atoms with Gasteiger partial charge in [-0.05, 0) is 57.4 Å². The van der Waals surface area contributed by atoms with E-state index in [9.17, 15) is 4.79 Å². The maximum absolute atomic E-state index is 12.2. The van der Waals surface area contributed by atoms with Crippen molar-refractivity contribution in [1.29, 1.82) is 0 Å². The molecule has 2 N–H and O–H groups in total. The van der Waals surface area contributed by atoms with E-state index < -0.39 is 0 Å². The number of nitrogens with one attached hydrogen (secondary N) is 2. The first kappa shape index (κ1) is 17.2. The fraction of sp³-hybridized carbons (Fsp3) is 0.421. The number of urea groups is 1. The number of hydrogen-bond acceptors (Lipinski definition) is 4. The molecule has 1 aromatic carbocycles. The average Bonchev–Trinajstić information content (AvgIpc) is 2.54. The van der Waals surface area contributed by atoms with Crippen molar-refractivity contribution in [2.45, 2.75) is 39.7 Å². The Bertz CT molecular complexity index is 733. The molecule has 2 amide bonds. The van der Waals surface area contributed by atoms with Gasteiger partial charge in [-0.25, -0.2) is 14.8 Å². The third-order valence-corrected chi connectivity index (χ3v) is 4.36. The van der Waals surface area contributed by atoms with Crippen molar-refractivity contribution in [3.05, 3.63) is 47.3 Å². The van der Waals surface area contributed by atoms with Crippen molar-refractivity contribution in [2.75, 3.05) is 23.3 Å². The molecule has 1 aliphatic rings. The number of hydrogen-bond donors (Lipinski definition) is 2. The van der Waals surface area contributed by atoms with Gasteiger partial charge in [0.2, 0.25) is 5.95 Å². The van der Waals surface area contributed by atoms with Gasteiger partial charge in [0.15, 0.2) is 0 Å². The molecule has 1 saturated heterocycles. The van der Waals surface area contributed by atoms with E-state index in [1.54, 1.807) is 0 Å². The number of anilines is 2. The van der Waals surface area contributed by atoms with Crippen LogP contribution in [-0.4, -0.2) is 35.1 Å². The third-order valence-electron chi connectivity index (χ3n) is 4.36. The molecule has 6 nitrogen and oxygen atoms in total. The van der Waals surface area contributed by atoms with Gasteiger partial charge in [-0.3, -0.25) is 0 Å². The monoisotopic (exact) mass is 339 g/mol. The highest BCUT2D eigenvalue weighted by molar-refractivity contribution is 5.89. The largest absolute Gasteiger partial charge is 0.341 e. The lowest BCUT2D eigenvalue weighted by Crippen LogP contribution is -2.46. The smallest absolute Gasteiger partial charge is 0.319 e. The minimum absolute atomic E-state index is 0.147. The van der Waals surface area contributed by atoms with E-state index in [0.29, 0.717) is 0 Å². The zero-order valence-corrected chi connectivity index (χ0v) is 15.0. The Kier molecular flexibility index (Phi) is 5.16. The average molecular weight is 339 g/mol. The molecule has 0 spiro atoms. The molecule has 2 heterocycles. The molecule has 6 heteroatoms. The molecule has 0 atom stereocenters. The number of piperidine rings is 1. The van der Waals surface area contributed by atoms with Crippen LogP contribution in [0.4, 0.5) is 16.4 Å². The molecule has 3 rings (SSSR count). The number of nitrogens with zero attached hydrogens (tertiary/aromatic N) is 3. The third kappa shape index (κ3) is 4.68. The normalized spacial score (nSPS) is 15.1. The Balaban J connectivity index is 1.51. The zero-order valence-electron chi connectivity index (χ0n) is 15.0. The zero-order chi connectivity index (χ0) is 17.8. The molecular weight excluding hydrogens is 314 g/mol. The van der Waals surface area contributed by atoms with Crippen LogP contribution in [0.25, 0.3) is 0 Å². The van der Waals surface area contributed by atoms with E-state index in [4.69, 9.17) is 0 Å². The summed E-state index contributed by atoms with van der Waals surface area (Å²) in [7, 11) is 0. The van der Waals surface area contributed by atoms with Crippen molar-refractivity contribution in [2.24, 2.45) is 0 Å². The fourth-order valence-electron chi connectivity index (χ4n) is 3.15. The lowest BCUT2D eigenvalue weighted by Gasteiger charge is -2.32. The van der Waals surface area contributed by atoms with Crippen LogP contribution in [0.1, 0.15) is 29.8 Å². The second-order valence-electron chi connectivity index (χ2n) is 6.68. The van der Waals surface area contributed by atoms with Crippen LogP contribution in [0.15, 0.2) is 30.3 Å². The maximum Gasteiger partial charge on any atom is 0.319 e. The van der Waals surface area contributed by atoms with Gasteiger partial charge in [0.25, 0.3) is 0 Å². The number of carbonyl (C=O) groups is 1. The second-order valence-corrected chi connectivity index (χ2v) is 6.68. The summed E-state index contributed by atoms with van der Waals surface area (Å²) in [4.78, 5) is 23.4. The van der Waals surface area contributed by atoms with Crippen molar-refractivity contribution in [3.8, 4) is 0 Å². The van der Waals surface area contributed by atoms with Gasteiger partial charge in [-0.2, -0.15) is 0 Å². The van der Waals surface area contributed by atoms with Crippen LogP contribution in [0.5, 0.6) is 0 Å². The molecule has 0 aliphatic carbocycles. The van der Waals surface area contributed by atoms with Gasteiger partial charge in [0.05, 0.1) is 0 Å². The quantitative estimate of drug-likeness (QED) is 0.901. The summed E-state index contributed by atoms with van der Waals surface area (Å²) in [6.07, 6.45) is 1.77. The minimum atomic E-state index is -0.147. The minimum Gasteiger partial charge on any atom is -0.341 e. The van der Waals surface area contributed by atoms with Crippen LogP contribution in [0.3, 0.4) is 0 Å². The summed E-state index contributed by atoms with van der Waals surface area (Å²) in [5.41, 5.74) is 3.92. The van der Waals surface area contributed by atoms with Crippen LogP contribution in [0.2, 0.25) is 0 Å². The first-order chi connectivity index (χ1) is 12.0. The summed E-state index contributed by atoms with van der Waals surface area (Å²) in [5, 5.41) is 5.96. The van der Waals surface area contributed by atoms with Gasteiger partial charge < -0.3 is 15.5 Å². The number of rotatable bonds is 3. The summed E-state index contributed by atoms with van der Waals surface area (Å²) in [6.45, 7) is 7.68. The molecule has 0 unspecified atom stereocenters. The number of benzene rings is 1. The first-order valence-electron chi connectivity index (χ1n) is 8.71. The SMILES string of the molecule is Cc1cccc(NC(=O)NC2CCN(c3nc(C)cc(C)n3)CC2)c1. The standard InChI is InChI=1S/C19H25N5O/c1-13-5-4-6-17(11-13)23-19(25)22-16-7-9-24(10-8-16)18-20-14(2)12-15(3)21-18/h4-6,11-12,16H,7-10H2,1-3H3,(H2,22,23,25). The van der Waals surface area contributed by atoms with Gasteiger partial charge in [0.1, 0.15) is 0 Å². The summed E-state index contributed by atoms with van der Waals surface area (Å²) in [5.74, 6) is 0.792. The highest BCUT2D eigenvalue weighted by atomic mass is 16.2. The molecule has 25 heavy (non-hydrogen) atoms. The number of aryl methyl sites for hydroxylation is 3. The van der Waals surface area contributed by atoms with Gasteiger partial charge in [0, 0.05) is 36.2 Å². The van der Waals surface area contributed by atoms with E-state index in [2.05, 4.69) is 25.5 Å². The van der Waals surface area contributed by atoms with E-state index in [1.807, 2.05) is 51.1 Å². The van der Waals surface area contributed by atoms with Crippen molar-refractivity contribution in [3.63, 3.8) is 0 Å². The second kappa shape index (κ2) is 7.51. The summed E-state index contributed by atoms with van der Waals surface area (Å²) < 4.78 is 0. The van der Waals surface area contributed by atoms with Crippen molar-refractivity contribution in [1.82, 2.24) is 15.3 Å². The molecule has 0 radical (unpaired) electrons. The first-order valence-corrected chi connectivity index (χ1v) is 8.71. The Morgan fingerprint density at radius 1 is 1.08 bits per heavy atom. The Labute approximate surface area is 148 Å². The van der Waals surface area contributed by atoms with Crippen molar-refractivity contribution < 1.29 is 4.79 Å².